The summed E-state index contributed by atoms with van der Waals surface area (Å²) in [5.41, 5.74) is 0. The Kier molecular flexibility index (Phi) is 4.81. The number of amides is 2. The van der Waals surface area contributed by atoms with E-state index < -0.39 is 0 Å². The number of nitrogens with one attached hydrogen (secondary N) is 2. The molecule has 1 aliphatic heterocycles. The van der Waals surface area contributed by atoms with E-state index >= 15 is 0 Å². The summed E-state index contributed by atoms with van der Waals surface area (Å²) >= 11 is 0. The van der Waals surface area contributed by atoms with Crippen molar-refractivity contribution in [1.82, 2.24) is 10.6 Å². The number of ether oxygens (including phenoxy) is 2. The average Bonchev–Trinajstić information content (AvgIpc) is 2.48. The highest BCUT2D eigenvalue weighted by molar-refractivity contribution is 5.79. The van der Waals surface area contributed by atoms with Gasteiger partial charge < -0.3 is 20.1 Å². The molecular weight excluding hydrogens is 260 g/mol. The number of carbonyl (C=O) groups is 2. The molecule has 2 amide bonds. The molecule has 0 bridgehead atoms. The minimum Gasteiger partial charge on any atom is -0.493 e. The predicted octanol–water partition coefficient (Wildman–Crippen LogP) is 0.469. The van der Waals surface area contributed by atoms with E-state index in [1.165, 1.54) is 0 Å². The van der Waals surface area contributed by atoms with E-state index in [2.05, 4.69) is 10.6 Å². The summed E-state index contributed by atoms with van der Waals surface area (Å²) in [6.07, 6.45) is 1.10. The van der Waals surface area contributed by atoms with E-state index in [0.717, 1.165) is 0 Å². The molecule has 1 atom stereocenters. The Balaban J connectivity index is 1.79. The van der Waals surface area contributed by atoms with Gasteiger partial charge in [-0.15, -0.1) is 0 Å². The highest BCUT2D eigenvalue weighted by atomic mass is 16.5. The van der Waals surface area contributed by atoms with Crippen molar-refractivity contribution in [2.45, 2.75) is 18.9 Å². The van der Waals surface area contributed by atoms with E-state index in [4.69, 9.17) is 9.47 Å². The van der Waals surface area contributed by atoms with Gasteiger partial charge in [-0.3, -0.25) is 9.59 Å². The summed E-state index contributed by atoms with van der Waals surface area (Å²) in [5.74, 6) is 0.935. The smallest absolute Gasteiger partial charge is 0.258 e. The van der Waals surface area contributed by atoms with Crippen LogP contribution in [-0.4, -0.2) is 38.1 Å². The molecule has 108 valence electrons. The summed E-state index contributed by atoms with van der Waals surface area (Å²) in [7, 11) is 1.55. The summed E-state index contributed by atoms with van der Waals surface area (Å²) in [4.78, 5) is 22.8. The van der Waals surface area contributed by atoms with Crippen molar-refractivity contribution in [3.63, 3.8) is 0 Å². The third-order valence-electron chi connectivity index (χ3n) is 3.06. The second-order valence-corrected chi connectivity index (χ2v) is 4.55. The standard InChI is InChI=1S/C14H18N2O4/c1-19-11-4-2-3-5-12(11)20-9-14(18)16-10-6-7-13(17)15-8-10/h2-5,10H,6-9H2,1H3,(H,15,17)(H,16,18). The lowest BCUT2D eigenvalue weighted by molar-refractivity contribution is -0.126. The van der Waals surface area contributed by atoms with Crippen molar-refractivity contribution in [1.29, 1.82) is 0 Å². The van der Waals surface area contributed by atoms with Crippen LogP contribution in [0.15, 0.2) is 24.3 Å². The van der Waals surface area contributed by atoms with Gasteiger partial charge in [-0.25, -0.2) is 0 Å². The van der Waals surface area contributed by atoms with E-state index in [-0.39, 0.29) is 24.5 Å². The molecule has 6 heteroatoms. The Bertz CT molecular complexity index is 480. The second-order valence-electron chi connectivity index (χ2n) is 4.55. The maximum atomic E-state index is 11.8. The fourth-order valence-corrected chi connectivity index (χ4v) is 2.01. The molecule has 0 aliphatic carbocycles. The first-order valence-corrected chi connectivity index (χ1v) is 6.51. The Morgan fingerprint density at radius 2 is 2.15 bits per heavy atom. The van der Waals surface area contributed by atoms with Crippen molar-refractivity contribution in [2.24, 2.45) is 0 Å². The van der Waals surface area contributed by atoms with Gasteiger partial charge in [0.05, 0.1) is 7.11 Å². The lowest BCUT2D eigenvalue weighted by atomic mass is 10.1. The third-order valence-corrected chi connectivity index (χ3v) is 3.06. The molecule has 0 saturated carbocycles. The average molecular weight is 278 g/mol. The molecule has 0 spiro atoms. The largest absolute Gasteiger partial charge is 0.493 e. The molecule has 6 nitrogen and oxygen atoms in total. The number of benzene rings is 1. The van der Waals surface area contributed by atoms with Crippen molar-refractivity contribution < 1.29 is 19.1 Å². The first kappa shape index (κ1) is 14.2. The van der Waals surface area contributed by atoms with Crippen molar-refractivity contribution in [3.8, 4) is 11.5 Å². The minimum atomic E-state index is -0.211. The van der Waals surface area contributed by atoms with Gasteiger partial charge >= 0.3 is 0 Å². The monoisotopic (exact) mass is 278 g/mol. The molecule has 1 aromatic carbocycles. The van der Waals surface area contributed by atoms with Crippen LogP contribution in [0, 0.1) is 0 Å². The SMILES string of the molecule is COc1ccccc1OCC(=O)NC1CCC(=O)NC1. The quantitative estimate of drug-likeness (QED) is 0.821. The Labute approximate surface area is 117 Å². The van der Waals surface area contributed by atoms with E-state index in [1.807, 2.05) is 12.1 Å². The van der Waals surface area contributed by atoms with Crippen LogP contribution in [0.3, 0.4) is 0 Å². The molecule has 1 aromatic rings. The van der Waals surface area contributed by atoms with Gasteiger partial charge in [0, 0.05) is 19.0 Å². The molecule has 1 fully saturated rings. The summed E-state index contributed by atoms with van der Waals surface area (Å²) < 4.78 is 10.6. The van der Waals surface area contributed by atoms with Crippen LogP contribution in [0.4, 0.5) is 0 Å². The fourth-order valence-electron chi connectivity index (χ4n) is 2.01. The summed E-state index contributed by atoms with van der Waals surface area (Å²) in [5, 5.41) is 5.54. The number of hydrogen-bond donors (Lipinski definition) is 2. The van der Waals surface area contributed by atoms with Crippen LogP contribution in [0.2, 0.25) is 0 Å². The van der Waals surface area contributed by atoms with Gasteiger partial charge in [0.15, 0.2) is 18.1 Å². The zero-order valence-electron chi connectivity index (χ0n) is 11.3. The molecule has 1 heterocycles. The molecular formula is C14H18N2O4. The van der Waals surface area contributed by atoms with Gasteiger partial charge in [0.25, 0.3) is 5.91 Å². The lowest BCUT2D eigenvalue weighted by Gasteiger charge is -2.23. The third kappa shape index (κ3) is 3.88. The Morgan fingerprint density at radius 1 is 1.40 bits per heavy atom. The van der Waals surface area contributed by atoms with Crippen molar-refractivity contribution in [2.75, 3.05) is 20.3 Å². The van der Waals surface area contributed by atoms with Crippen LogP contribution >= 0.6 is 0 Å². The maximum absolute atomic E-state index is 11.8. The number of carbonyl (C=O) groups excluding carboxylic acids is 2. The van der Waals surface area contributed by atoms with Crippen LogP contribution in [0.25, 0.3) is 0 Å². The molecule has 1 saturated heterocycles. The van der Waals surface area contributed by atoms with Gasteiger partial charge in [0.1, 0.15) is 0 Å². The van der Waals surface area contributed by atoms with Crippen molar-refractivity contribution in [3.05, 3.63) is 24.3 Å². The van der Waals surface area contributed by atoms with Crippen LogP contribution in [0.5, 0.6) is 11.5 Å². The number of rotatable bonds is 5. The van der Waals surface area contributed by atoms with Crippen LogP contribution in [-0.2, 0) is 9.59 Å². The van der Waals surface area contributed by atoms with Gasteiger partial charge in [-0.2, -0.15) is 0 Å². The minimum absolute atomic E-state index is 0.0264. The van der Waals surface area contributed by atoms with E-state index in [9.17, 15) is 9.59 Å². The molecule has 1 aliphatic rings. The summed E-state index contributed by atoms with van der Waals surface area (Å²) in [6.45, 7) is 0.393. The molecule has 0 radical (unpaired) electrons. The Hall–Kier alpha value is -2.24. The van der Waals surface area contributed by atoms with E-state index in [0.29, 0.717) is 30.9 Å². The lowest BCUT2D eigenvalue weighted by Crippen LogP contribution is -2.48. The fraction of sp³-hybridized carbons (Fsp3) is 0.429. The normalized spacial score (nSPS) is 18.1. The zero-order valence-corrected chi connectivity index (χ0v) is 11.3. The van der Waals surface area contributed by atoms with Crippen LogP contribution in [0.1, 0.15) is 12.8 Å². The topological polar surface area (TPSA) is 76.7 Å². The molecule has 0 aromatic heterocycles. The molecule has 2 rings (SSSR count). The number of para-hydroxylation sites is 2. The van der Waals surface area contributed by atoms with Gasteiger partial charge in [0.2, 0.25) is 5.91 Å². The first-order valence-electron chi connectivity index (χ1n) is 6.51. The Morgan fingerprint density at radius 3 is 2.80 bits per heavy atom. The van der Waals surface area contributed by atoms with Crippen molar-refractivity contribution >= 4 is 11.8 Å². The molecule has 20 heavy (non-hydrogen) atoms. The second kappa shape index (κ2) is 6.79. The van der Waals surface area contributed by atoms with Gasteiger partial charge in [-0.1, -0.05) is 12.1 Å². The summed E-state index contributed by atoms with van der Waals surface area (Å²) in [6, 6.07) is 7.13. The number of hydrogen-bond acceptors (Lipinski definition) is 4. The van der Waals surface area contributed by atoms with Gasteiger partial charge in [-0.05, 0) is 18.6 Å². The predicted molar refractivity (Wildman–Crippen MR) is 72.7 cm³/mol. The number of methoxy groups -OCH3 is 1. The molecule has 2 N–H and O–H groups in total. The first-order chi connectivity index (χ1) is 9.69. The van der Waals surface area contributed by atoms with E-state index in [1.54, 1.807) is 19.2 Å². The maximum Gasteiger partial charge on any atom is 0.258 e. The highest BCUT2D eigenvalue weighted by Gasteiger charge is 2.19. The number of piperidine rings is 1. The zero-order chi connectivity index (χ0) is 14.4. The highest BCUT2D eigenvalue weighted by Crippen LogP contribution is 2.25. The molecule has 1 unspecified atom stereocenters. The van der Waals surface area contributed by atoms with Crippen LogP contribution < -0.4 is 20.1 Å².